The summed E-state index contributed by atoms with van der Waals surface area (Å²) in [6.07, 6.45) is 2.79. The lowest BCUT2D eigenvalue weighted by molar-refractivity contribution is 0.0799. The fourth-order valence-corrected chi connectivity index (χ4v) is 2.15. The molecule has 4 nitrogen and oxygen atoms in total. The predicted molar refractivity (Wildman–Crippen MR) is 70.9 cm³/mol. The monoisotopic (exact) mass is 248 g/mol. The van der Waals surface area contributed by atoms with Crippen LogP contribution >= 0.6 is 0 Å². The van der Waals surface area contributed by atoms with Gasteiger partial charge in [-0.25, -0.2) is 0 Å². The summed E-state index contributed by atoms with van der Waals surface area (Å²) in [7, 11) is 1.85. The number of nitrogens with zero attached hydrogens (tertiary/aromatic N) is 1. The normalized spacial score (nSPS) is 15.2. The van der Waals surface area contributed by atoms with Crippen LogP contribution < -0.4 is 10.5 Å². The maximum atomic E-state index is 12.2. The lowest BCUT2D eigenvalue weighted by atomic mass is 10.0. The SMILES string of the molecule is CN1CCCc2ccc(OCCCN)cc2C1=O. The van der Waals surface area contributed by atoms with Crippen molar-refractivity contribution in [3.05, 3.63) is 29.3 Å². The van der Waals surface area contributed by atoms with Gasteiger partial charge in [0, 0.05) is 19.2 Å². The van der Waals surface area contributed by atoms with Crippen LogP contribution in [-0.2, 0) is 6.42 Å². The van der Waals surface area contributed by atoms with Gasteiger partial charge in [0.1, 0.15) is 5.75 Å². The van der Waals surface area contributed by atoms with Crippen LogP contribution in [0.4, 0.5) is 0 Å². The van der Waals surface area contributed by atoms with Crippen LogP contribution in [0.3, 0.4) is 0 Å². The van der Waals surface area contributed by atoms with Crippen molar-refractivity contribution in [3.63, 3.8) is 0 Å². The molecule has 18 heavy (non-hydrogen) atoms. The highest BCUT2D eigenvalue weighted by Crippen LogP contribution is 2.23. The van der Waals surface area contributed by atoms with E-state index in [1.165, 1.54) is 0 Å². The Balaban J connectivity index is 2.18. The van der Waals surface area contributed by atoms with E-state index in [9.17, 15) is 4.79 Å². The second kappa shape index (κ2) is 5.87. The Morgan fingerprint density at radius 1 is 1.44 bits per heavy atom. The summed E-state index contributed by atoms with van der Waals surface area (Å²) in [6.45, 7) is 2.03. The molecule has 0 saturated heterocycles. The Kier molecular flexibility index (Phi) is 4.20. The summed E-state index contributed by atoms with van der Waals surface area (Å²) in [5, 5.41) is 0. The van der Waals surface area contributed by atoms with Gasteiger partial charge < -0.3 is 15.4 Å². The second-order valence-electron chi connectivity index (χ2n) is 4.64. The van der Waals surface area contributed by atoms with E-state index < -0.39 is 0 Å². The zero-order valence-electron chi connectivity index (χ0n) is 10.8. The molecule has 0 saturated carbocycles. The molecule has 1 aliphatic heterocycles. The number of ether oxygens (including phenoxy) is 1. The largest absolute Gasteiger partial charge is 0.494 e. The number of carbonyl (C=O) groups is 1. The van der Waals surface area contributed by atoms with Crippen LogP contribution in [0, 0.1) is 0 Å². The molecule has 0 bridgehead atoms. The molecule has 1 aromatic rings. The van der Waals surface area contributed by atoms with Crippen molar-refractivity contribution in [3.8, 4) is 5.75 Å². The highest BCUT2D eigenvalue weighted by atomic mass is 16.5. The molecule has 0 aliphatic carbocycles. The van der Waals surface area contributed by atoms with E-state index in [0.717, 1.165) is 42.7 Å². The van der Waals surface area contributed by atoms with Gasteiger partial charge >= 0.3 is 0 Å². The number of aryl methyl sites for hydroxylation is 1. The van der Waals surface area contributed by atoms with Crippen molar-refractivity contribution in [2.75, 3.05) is 26.7 Å². The van der Waals surface area contributed by atoms with Crippen LogP contribution in [0.25, 0.3) is 0 Å². The van der Waals surface area contributed by atoms with Crippen molar-refractivity contribution < 1.29 is 9.53 Å². The smallest absolute Gasteiger partial charge is 0.254 e. The Labute approximate surface area is 108 Å². The van der Waals surface area contributed by atoms with Crippen LogP contribution in [0.15, 0.2) is 18.2 Å². The molecular weight excluding hydrogens is 228 g/mol. The fraction of sp³-hybridized carbons (Fsp3) is 0.500. The first-order chi connectivity index (χ1) is 8.72. The van der Waals surface area contributed by atoms with E-state index in [-0.39, 0.29) is 5.91 Å². The van der Waals surface area contributed by atoms with E-state index in [1.807, 2.05) is 25.2 Å². The van der Waals surface area contributed by atoms with Gasteiger partial charge in [0.2, 0.25) is 0 Å². The third-order valence-electron chi connectivity index (χ3n) is 3.22. The molecule has 1 amide bonds. The molecule has 1 aliphatic rings. The molecule has 0 spiro atoms. The fourth-order valence-electron chi connectivity index (χ4n) is 2.15. The quantitative estimate of drug-likeness (QED) is 0.820. The van der Waals surface area contributed by atoms with Crippen molar-refractivity contribution in [1.29, 1.82) is 0 Å². The lowest BCUT2D eigenvalue weighted by Crippen LogP contribution is -2.26. The van der Waals surface area contributed by atoms with E-state index in [0.29, 0.717) is 13.2 Å². The summed E-state index contributed by atoms with van der Waals surface area (Å²) >= 11 is 0. The minimum absolute atomic E-state index is 0.0896. The molecule has 98 valence electrons. The minimum Gasteiger partial charge on any atom is -0.494 e. The van der Waals surface area contributed by atoms with Gasteiger partial charge in [0.05, 0.1) is 6.61 Å². The maximum Gasteiger partial charge on any atom is 0.254 e. The maximum absolute atomic E-state index is 12.2. The summed E-state index contributed by atoms with van der Waals surface area (Å²) in [4.78, 5) is 13.9. The number of nitrogens with two attached hydrogens (primary N) is 1. The Hall–Kier alpha value is -1.55. The summed E-state index contributed by atoms with van der Waals surface area (Å²) < 4.78 is 5.59. The van der Waals surface area contributed by atoms with Gasteiger partial charge in [-0.2, -0.15) is 0 Å². The van der Waals surface area contributed by atoms with Gasteiger partial charge in [-0.1, -0.05) is 6.07 Å². The molecule has 2 rings (SSSR count). The zero-order chi connectivity index (χ0) is 13.0. The van der Waals surface area contributed by atoms with Crippen molar-refractivity contribution >= 4 is 5.91 Å². The molecule has 2 N–H and O–H groups in total. The Morgan fingerprint density at radius 2 is 2.28 bits per heavy atom. The summed E-state index contributed by atoms with van der Waals surface area (Å²) in [6, 6.07) is 5.80. The van der Waals surface area contributed by atoms with Crippen molar-refractivity contribution in [2.45, 2.75) is 19.3 Å². The predicted octanol–water partition coefficient (Wildman–Crippen LogP) is 1.43. The number of benzene rings is 1. The first-order valence-electron chi connectivity index (χ1n) is 6.43. The third kappa shape index (κ3) is 2.82. The standard InChI is InChI=1S/C14H20N2O2/c1-16-8-2-4-11-5-6-12(18-9-3-7-15)10-13(11)14(16)17/h5-6,10H,2-4,7-9,15H2,1H3. The molecule has 0 atom stereocenters. The zero-order valence-corrected chi connectivity index (χ0v) is 10.8. The minimum atomic E-state index is 0.0896. The van der Waals surface area contributed by atoms with Gasteiger partial charge in [-0.15, -0.1) is 0 Å². The van der Waals surface area contributed by atoms with E-state index in [1.54, 1.807) is 4.90 Å². The van der Waals surface area contributed by atoms with E-state index in [2.05, 4.69) is 0 Å². The Bertz CT molecular complexity index is 432. The highest BCUT2D eigenvalue weighted by Gasteiger charge is 2.19. The first kappa shape index (κ1) is 12.9. The third-order valence-corrected chi connectivity index (χ3v) is 3.22. The summed E-state index contributed by atoms with van der Waals surface area (Å²) in [5.74, 6) is 0.845. The average Bonchev–Trinajstić information content (AvgIpc) is 2.51. The number of amides is 1. The molecular formula is C14H20N2O2. The van der Waals surface area contributed by atoms with Gasteiger partial charge in [-0.05, 0) is 43.5 Å². The second-order valence-corrected chi connectivity index (χ2v) is 4.64. The van der Waals surface area contributed by atoms with Gasteiger partial charge in [0.15, 0.2) is 0 Å². The molecule has 1 aromatic carbocycles. The number of hydrogen-bond donors (Lipinski definition) is 1. The number of fused-ring (bicyclic) bond motifs is 1. The van der Waals surface area contributed by atoms with Crippen molar-refractivity contribution in [2.24, 2.45) is 5.73 Å². The lowest BCUT2D eigenvalue weighted by Gasteiger charge is -2.15. The van der Waals surface area contributed by atoms with E-state index in [4.69, 9.17) is 10.5 Å². The average molecular weight is 248 g/mol. The number of carbonyl (C=O) groups excluding carboxylic acids is 1. The molecule has 1 heterocycles. The Morgan fingerprint density at radius 3 is 3.06 bits per heavy atom. The van der Waals surface area contributed by atoms with Crippen LogP contribution in [0.5, 0.6) is 5.75 Å². The summed E-state index contributed by atoms with van der Waals surface area (Å²) in [5.41, 5.74) is 7.32. The molecule has 0 unspecified atom stereocenters. The van der Waals surface area contributed by atoms with Crippen LogP contribution in [0.1, 0.15) is 28.8 Å². The topological polar surface area (TPSA) is 55.6 Å². The van der Waals surface area contributed by atoms with Crippen LogP contribution in [0.2, 0.25) is 0 Å². The van der Waals surface area contributed by atoms with Crippen molar-refractivity contribution in [1.82, 2.24) is 4.90 Å². The van der Waals surface area contributed by atoms with E-state index >= 15 is 0 Å². The number of rotatable bonds is 4. The molecule has 0 fully saturated rings. The highest BCUT2D eigenvalue weighted by molar-refractivity contribution is 5.96. The molecule has 0 radical (unpaired) electrons. The van der Waals surface area contributed by atoms with Gasteiger partial charge in [0.25, 0.3) is 5.91 Å². The first-order valence-corrected chi connectivity index (χ1v) is 6.43. The van der Waals surface area contributed by atoms with Gasteiger partial charge in [-0.3, -0.25) is 4.79 Å². The van der Waals surface area contributed by atoms with Crippen LogP contribution in [-0.4, -0.2) is 37.6 Å². The molecule has 0 aromatic heterocycles. The number of hydrogen-bond acceptors (Lipinski definition) is 3. The molecule has 4 heteroatoms.